The van der Waals surface area contributed by atoms with Crippen LogP contribution in [0.5, 0.6) is 23.0 Å². The van der Waals surface area contributed by atoms with E-state index in [9.17, 15) is 4.79 Å². The maximum absolute atomic E-state index is 15.1. The number of nitrogens with zero attached hydrogens (tertiary/aromatic N) is 3. The van der Waals surface area contributed by atoms with Crippen molar-refractivity contribution in [3.63, 3.8) is 0 Å². The number of ether oxygens (including phenoxy) is 4. The number of amides is 2. The van der Waals surface area contributed by atoms with Crippen LogP contribution in [0.1, 0.15) is 56.7 Å². The quantitative estimate of drug-likeness (QED) is 0.116. The summed E-state index contributed by atoms with van der Waals surface area (Å²) in [7, 11) is 3.17. The summed E-state index contributed by atoms with van der Waals surface area (Å²) in [6, 6.07) is 37.7. The van der Waals surface area contributed by atoms with Crippen LogP contribution in [0, 0.1) is 0 Å². The molecule has 2 aliphatic heterocycles. The van der Waals surface area contributed by atoms with Gasteiger partial charge in [0.05, 0.1) is 54.0 Å². The molecule has 1 saturated heterocycles. The van der Waals surface area contributed by atoms with Gasteiger partial charge in [0.2, 0.25) is 0 Å². The zero-order valence-corrected chi connectivity index (χ0v) is 33.8. The van der Waals surface area contributed by atoms with E-state index in [1.807, 2.05) is 91.0 Å². The van der Waals surface area contributed by atoms with Crippen molar-refractivity contribution in [2.24, 2.45) is 0 Å². The van der Waals surface area contributed by atoms with Gasteiger partial charge in [-0.15, -0.1) is 0 Å². The first-order valence-electron chi connectivity index (χ1n) is 20.7. The maximum Gasteiger partial charge on any atom is 0.262 e. The van der Waals surface area contributed by atoms with E-state index < -0.39 is 0 Å². The van der Waals surface area contributed by atoms with E-state index in [1.165, 1.54) is 24.2 Å². The number of carbonyl (C=O) groups is 2. The second kappa shape index (κ2) is 15.8. The van der Waals surface area contributed by atoms with Crippen LogP contribution in [0.15, 0.2) is 115 Å². The van der Waals surface area contributed by atoms with E-state index in [4.69, 9.17) is 18.9 Å². The third-order valence-electron chi connectivity index (χ3n) is 12.1. The summed E-state index contributed by atoms with van der Waals surface area (Å²) in [6.45, 7) is 4.53. The number of piperidine rings is 1. The molecule has 6 aromatic carbocycles. The van der Waals surface area contributed by atoms with Crippen LogP contribution in [0.3, 0.4) is 0 Å². The second-order valence-electron chi connectivity index (χ2n) is 15.7. The zero-order valence-electron chi connectivity index (χ0n) is 33.8. The van der Waals surface area contributed by atoms with Gasteiger partial charge >= 0.3 is 0 Å². The van der Waals surface area contributed by atoms with Crippen molar-refractivity contribution < 1.29 is 28.5 Å². The number of H-pyrrole nitrogens is 1. The van der Waals surface area contributed by atoms with Crippen LogP contribution >= 0.6 is 0 Å². The molecule has 10 nitrogen and oxygen atoms in total. The van der Waals surface area contributed by atoms with Crippen LogP contribution in [0.25, 0.3) is 43.6 Å². The molecule has 1 fully saturated rings. The maximum atomic E-state index is 15.1. The summed E-state index contributed by atoms with van der Waals surface area (Å²) in [6.07, 6.45) is 3.62. The van der Waals surface area contributed by atoms with Gasteiger partial charge in [0, 0.05) is 58.4 Å². The van der Waals surface area contributed by atoms with Gasteiger partial charge in [-0.25, -0.2) is 0 Å². The van der Waals surface area contributed by atoms with Crippen molar-refractivity contribution >= 4 is 55.4 Å². The van der Waals surface area contributed by atoms with Crippen LogP contribution in [-0.2, 0) is 26.3 Å². The summed E-state index contributed by atoms with van der Waals surface area (Å²) in [5.41, 5.74) is 7.13. The molecule has 8 aromatic rings. The molecule has 0 saturated carbocycles. The highest BCUT2D eigenvalue weighted by molar-refractivity contribution is 6.39. The number of imide groups is 1. The first-order chi connectivity index (χ1) is 29.5. The highest BCUT2D eigenvalue weighted by Crippen LogP contribution is 2.46. The van der Waals surface area contributed by atoms with Crippen LogP contribution in [0.2, 0.25) is 0 Å². The van der Waals surface area contributed by atoms with Crippen molar-refractivity contribution in [3.8, 4) is 23.0 Å². The molecule has 2 aromatic heterocycles. The van der Waals surface area contributed by atoms with Crippen LogP contribution in [-0.4, -0.2) is 65.0 Å². The molecule has 2 aliphatic rings. The van der Waals surface area contributed by atoms with Crippen molar-refractivity contribution in [1.29, 1.82) is 0 Å². The fourth-order valence-corrected chi connectivity index (χ4v) is 9.11. The Morgan fingerprint density at radius 3 is 1.92 bits per heavy atom. The summed E-state index contributed by atoms with van der Waals surface area (Å²) in [4.78, 5) is 37.7. The number of likely N-dealkylation sites (tertiary alicyclic amines) is 1. The number of aromatic amines is 1. The standard InChI is InChI=1S/C50H46N4O6/c1-57-35-17-16-34(42(28-35)58-2)29-54-49(55)45-43-38-20-18-36(59-30-32-12-6-3-7-13-32)26-40(38)51-47(43)48-44(46(45)50(54)56)39-21-19-37(60-31-33-14-8-4-9-15-33)27-41(39)53(48)25-24-52-22-10-5-11-23-52/h3-4,6-9,12-21,26-28,51H,5,10-11,22-25,29-31H2,1-2H3. The molecular weight excluding hydrogens is 753 g/mol. The Kier molecular flexibility index (Phi) is 9.85. The normalized spacial score (nSPS) is 14.5. The Labute approximate surface area is 347 Å². The van der Waals surface area contributed by atoms with Crippen molar-refractivity contribution in [2.75, 3.05) is 33.9 Å². The number of benzene rings is 6. The van der Waals surface area contributed by atoms with Gasteiger partial charge in [-0.2, -0.15) is 0 Å². The molecular formula is C50H46N4O6. The third kappa shape index (κ3) is 6.66. The smallest absolute Gasteiger partial charge is 0.262 e. The van der Waals surface area contributed by atoms with Gasteiger partial charge in [0.1, 0.15) is 36.2 Å². The van der Waals surface area contributed by atoms with Gasteiger partial charge < -0.3 is 33.4 Å². The van der Waals surface area contributed by atoms with Gasteiger partial charge in [-0.3, -0.25) is 14.5 Å². The molecule has 0 radical (unpaired) electrons. The van der Waals surface area contributed by atoms with Gasteiger partial charge in [-0.1, -0.05) is 67.1 Å². The fraction of sp³-hybridized carbons (Fsp3) is 0.240. The van der Waals surface area contributed by atoms with Crippen molar-refractivity contribution in [3.05, 3.63) is 143 Å². The second-order valence-corrected chi connectivity index (χ2v) is 15.7. The van der Waals surface area contributed by atoms with Gasteiger partial charge in [0.15, 0.2) is 0 Å². The number of carbonyl (C=O) groups excluding carboxylic acids is 2. The molecule has 10 rings (SSSR count). The molecule has 0 spiro atoms. The average Bonchev–Trinajstić information content (AvgIpc) is 3.91. The SMILES string of the molecule is COc1ccc(CN2C(=O)c3c(c4c5ccc(OCc6ccccc6)cc5n(CCN5CCCCC5)c4c4[nH]c5cc(OCc6ccccc6)ccc5c34)C2=O)c(OC)c1. The zero-order chi connectivity index (χ0) is 40.7. The Morgan fingerprint density at radius 1 is 0.617 bits per heavy atom. The van der Waals surface area contributed by atoms with E-state index in [2.05, 4.69) is 32.7 Å². The van der Waals surface area contributed by atoms with E-state index in [0.717, 1.165) is 80.1 Å². The number of aromatic nitrogens is 2. The molecule has 10 heteroatoms. The molecule has 0 atom stereocenters. The molecule has 2 amide bonds. The summed E-state index contributed by atoms with van der Waals surface area (Å²) in [5, 5.41) is 3.23. The number of hydrogen-bond donors (Lipinski definition) is 1. The Balaban J connectivity index is 1.17. The van der Waals surface area contributed by atoms with Crippen LogP contribution in [0.4, 0.5) is 0 Å². The molecule has 0 aliphatic carbocycles. The first-order valence-corrected chi connectivity index (χ1v) is 20.7. The highest BCUT2D eigenvalue weighted by Gasteiger charge is 2.42. The Morgan fingerprint density at radius 2 is 1.25 bits per heavy atom. The minimum absolute atomic E-state index is 0.0351. The predicted octanol–water partition coefficient (Wildman–Crippen LogP) is 9.89. The lowest BCUT2D eigenvalue weighted by molar-refractivity contribution is 0.0642. The van der Waals surface area contributed by atoms with Gasteiger partial charge in [0.25, 0.3) is 11.8 Å². The fourth-order valence-electron chi connectivity index (χ4n) is 9.11. The largest absolute Gasteiger partial charge is 0.497 e. The molecule has 60 heavy (non-hydrogen) atoms. The minimum atomic E-state index is -0.345. The number of fused-ring (bicyclic) bond motifs is 10. The predicted molar refractivity (Wildman–Crippen MR) is 234 cm³/mol. The van der Waals surface area contributed by atoms with Gasteiger partial charge in [-0.05, 0) is 73.5 Å². The number of hydrogen-bond acceptors (Lipinski definition) is 7. The lowest BCUT2D eigenvalue weighted by Gasteiger charge is -2.26. The molecule has 4 heterocycles. The van der Waals surface area contributed by atoms with E-state index >= 15 is 4.79 Å². The number of rotatable bonds is 13. The topological polar surface area (TPSA) is 98.3 Å². The Bertz CT molecular complexity index is 2910. The summed E-state index contributed by atoms with van der Waals surface area (Å²) < 4.78 is 26.2. The minimum Gasteiger partial charge on any atom is -0.497 e. The molecule has 1 N–H and O–H groups in total. The highest BCUT2D eigenvalue weighted by atomic mass is 16.5. The summed E-state index contributed by atoms with van der Waals surface area (Å²) in [5.74, 6) is 1.91. The van der Waals surface area contributed by atoms with E-state index in [-0.39, 0.29) is 18.4 Å². The third-order valence-corrected chi connectivity index (χ3v) is 12.1. The molecule has 0 unspecified atom stereocenters. The molecule has 0 bridgehead atoms. The first kappa shape index (κ1) is 37.5. The number of methoxy groups -OCH3 is 2. The lowest BCUT2D eigenvalue weighted by atomic mass is 9.96. The number of nitrogens with one attached hydrogen (secondary N) is 1. The van der Waals surface area contributed by atoms with Crippen molar-refractivity contribution in [1.82, 2.24) is 19.4 Å². The monoisotopic (exact) mass is 798 g/mol. The summed E-state index contributed by atoms with van der Waals surface area (Å²) >= 11 is 0. The molecule has 302 valence electrons. The van der Waals surface area contributed by atoms with Crippen LogP contribution < -0.4 is 18.9 Å². The Hall–Kier alpha value is -6.78. The van der Waals surface area contributed by atoms with Crippen molar-refractivity contribution in [2.45, 2.75) is 45.6 Å². The van der Waals surface area contributed by atoms with E-state index in [1.54, 1.807) is 20.3 Å². The van der Waals surface area contributed by atoms with E-state index in [0.29, 0.717) is 53.7 Å². The average molecular weight is 799 g/mol. The lowest BCUT2D eigenvalue weighted by Crippen LogP contribution is -2.32.